The van der Waals surface area contributed by atoms with Gasteiger partial charge in [0.1, 0.15) is 22.7 Å². The van der Waals surface area contributed by atoms with E-state index in [1.165, 1.54) is 0 Å². The number of aromatic nitrogens is 1. The average molecular weight is 520 g/mol. The van der Waals surface area contributed by atoms with Crippen molar-refractivity contribution in [3.8, 4) is 11.5 Å². The Hall–Kier alpha value is -4.91. The van der Waals surface area contributed by atoms with Gasteiger partial charge in [-0.15, -0.1) is 0 Å². The summed E-state index contributed by atoms with van der Waals surface area (Å²) >= 11 is 0. The molecule has 0 fully saturated rings. The van der Waals surface area contributed by atoms with Gasteiger partial charge in [0, 0.05) is 5.39 Å². The van der Waals surface area contributed by atoms with E-state index >= 15 is 0 Å². The van der Waals surface area contributed by atoms with E-state index < -0.39 is 17.2 Å². The molecule has 0 aliphatic carbocycles. The topological polar surface area (TPSA) is 114 Å². The SMILES string of the molecule is Cc1cc(C)c2oc(=O)c(C(c3ccc4ccccc4n3)c3c(O)c4cc(C)cc(C)c4oc3=O)c(O)c2c1. The Labute approximate surface area is 222 Å². The third-order valence-corrected chi connectivity index (χ3v) is 7.18. The zero-order valence-electron chi connectivity index (χ0n) is 21.8. The zero-order valence-corrected chi connectivity index (χ0v) is 21.8. The predicted octanol–water partition coefficient (Wildman–Crippen LogP) is 6.27. The fourth-order valence-corrected chi connectivity index (χ4v) is 5.50. The summed E-state index contributed by atoms with van der Waals surface area (Å²) in [4.78, 5) is 31.9. The van der Waals surface area contributed by atoms with Crippen LogP contribution < -0.4 is 11.3 Å². The van der Waals surface area contributed by atoms with Crippen molar-refractivity contribution in [3.05, 3.63) is 121 Å². The number of hydrogen-bond acceptors (Lipinski definition) is 7. The number of pyridine rings is 1. The molecule has 0 saturated heterocycles. The molecule has 0 bridgehead atoms. The van der Waals surface area contributed by atoms with E-state index in [1.807, 2.05) is 50.2 Å². The molecule has 6 aromatic rings. The van der Waals surface area contributed by atoms with Gasteiger partial charge in [0.15, 0.2) is 0 Å². The van der Waals surface area contributed by atoms with E-state index in [2.05, 4.69) is 0 Å². The molecule has 3 aromatic carbocycles. The Morgan fingerprint density at radius 1 is 0.692 bits per heavy atom. The summed E-state index contributed by atoms with van der Waals surface area (Å²) in [5.74, 6) is -1.96. The van der Waals surface area contributed by atoms with Gasteiger partial charge in [0.25, 0.3) is 0 Å². The van der Waals surface area contributed by atoms with Crippen LogP contribution in [-0.4, -0.2) is 15.2 Å². The number of benzene rings is 3. The minimum Gasteiger partial charge on any atom is -0.507 e. The zero-order chi connectivity index (χ0) is 27.6. The van der Waals surface area contributed by atoms with Crippen LogP contribution in [0.1, 0.15) is 45.0 Å². The van der Waals surface area contributed by atoms with Crippen molar-refractivity contribution in [2.24, 2.45) is 0 Å². The van der Waals surface area contributed by atoms with Crippen LogP contribution in [0.2, 0.25) is 0 Å². The maximum atomic E-state index is 13.6. The number of hydrogen-bond donors (Lipinski definition) is 2. The number of aromatic hydroxyl groups is 2. The molecule has 0 unspecified atom stereocenters. The van der Waals surface area contributed by atoms with Crippen molar-refractivity contribution in [3.63, 3.8) is 0 Å². The van der Waals surface area contributed by atoms with Crippen molar-refractivity contribution in [1.29, 1.82) is 0 Å². The summed E-state index contributed by atoms with van der Waals surface area (Å²) in [6.45, 7) is 7.31. The highest BCUT2D eigenvalue weighted by Gasteiger charge is 2.34. The van der Waals surface area contributed by atoms with Crippen LogP contribution in [0.3, 0.4) is 0 Å². The van der Waals surface area contributed by atoms with Gasteiger partial charge >= 0.3 is 11.3 Å². The Morgan fingerprint density at radius 3 is 1.74 bits per heavy atom. The summed E-state index contributed by atoms with van der Waals surface area (Å²) in [5.41, 5.74) is 2.37. The lowest BCUT2D eigenvalue weighted by Crippen LogP contribution is -2.22. The second-order valence-electron chi connectivity index (χ2n) is 10.1. The van der Waals surface area contributed by atoms with Crippen LogP contribution in [0.15, 0.2) is 79.1 Å². The summed E-state index contributed by atoms with van der Waals surface area (Å²) < 4.78 is 11.4. The van der Waals surface area contributed by atoms with Crippen LogP contribution in [0, 0.1) is 27.7 Å². The first kappa shape index (κ1) is 24.4. The minimum absolute atomic E-state index is 0.207. The van der Waals surface area contributed by atoms with Gasteiger partial charge in [-0.25, -0.2) is 9.59 Å². The van der Waals surface area contributed by atoms with E-state index in [4.69, 9.17) is 13.8 Å². The van der Waals surface area contributed by atoms with Gasteiger partial charge in [0.2, 0.25) is 0 Å². The van der Waals surface area contributed by atoms with Crippen molar-refractivity contribution in [2.45, 2.75) is 33.6 Å². The van der Waals surface area contributed by atoms with Gasteiger partial charge in [0.05, 0.1) is 39.0 Å². The number of rotatable bonds is 3. The van der Waals surface area contributed by atoms with Crippen LogP contribution >= 0.6 is 0 Å². The standard InChI is InChI=1S/C32H25NO6/c1-15-11-17(3)29-20(13-15)27(34)25(31(36)38-29)24(23-10-9-19-7-5-6-8-22(19)33-23)26-28(35)21-14-16(2)12-18(4)30(21)39-32(26)37/h5-14,24,34-35H,1-4H3. The first-order valence-electron chi connectivity index (χ1n) is 12.5. The van der Waals surface area contributed by atoms with E-state index in [1.54, 1.807) is 38.1 Å². The van der Waals surface area contributed by atoms with Crippen molar-refractivity contribution >= 4 is 32.8 Å². The molecule has 0 saturated carbocycles. The van der Waals surface area contributed by atoms with Gasteiger partial charge in [-0.3, -0.25) is 4.98 Å². The van der Waals surface area contributed by atoms with E-state index in [-0.39, 0.29) is 39.5 Å². The van der Waals surface area contributed by atoms with Gasteiger partial charge in [-0.1, -0.05) is 36.4 Å². The largest absolute Gasteiger partial charge is 0.507 e. The number of fused-ring (bicyclic) bond motifs is 3. The van der Waals surface area contributed by atoms with Gasteiger partial charge < -0.3 is 19.0 Å². The van der Waals surface area contributed by atoms with E-state index in [0.717, 1.165) is 16.5 Å². The third-order valence-electron chi connectivity index (χ3n) is 7.18. The van der Waals surface area contributed by atoms with E-state index in [9.17, 15) is 19.8 Å². The maximum absolute atomic E-state index is 13.6. The molecular formula is C32H25NO6. The summed E-state index contributed by atoms with van der Waals surface area (Å²) in [7, 11) is 0. The summed E-state index contributed by atoms with van der Waals surface area (Å²) in [6, 6.07) is 18.0. The Balaban J connectivity index is 1.76. The fourth-order valence-electron chi connectivity index (χ4n) is 5.50. The molecular weight excluding hydrogens is 494 g/mol. The lowest BCUT2D eigenvalue weighted by molar-refractivity contribution is 0.440. The molecule has 39 heavy (non-hydrogen) atoms. The molecule has 0 amide bonds. The first-order chi connectivity index (χ1) is 18.6. The Kier molecular flexibility index (Phi) is 5.54. The minimum atomic E-state index is -1.28. The van der Waals surface area contributed by atoms with Gasteiger partial charge in [-0.05, 0) is 74.2 Å². The molecule has 3 aromatic heterocycles. The quantitative estimate of drug-likeness (QED) is 0.265. The molecule has 6 rings (SSSR count). The predicted molar refractivity (Wildman–Crippen MR) is 150 cm³/mol. The molecule has 7 heteroatoms. The molecule has 0 atom stereocenters. The highest BCUT2D eigenvalue weighted by atomic mass is 16.4. The maximum Gasteiger partial charge on any atom is 0.344 e. The van der Waals surface area contributed by atoms with Crippen molar-refractivity contribution < 1.29 is 19.0 Å². The molecule has 3 heterocycles. The van der Waals surface area contributed by atoms with Crippen LogP contribution in [0.5, 0.6) is 11.5 Å². The summed E-state index contributed by atoms with van der Waals surface area (Å²) in [6.07, 6.45) is 0. The Morgan fingerprint density at radius 2 is 1.21 bits per heavy atom. The monoisotopic (exact) mass is 519 g/mol. The molecule has 0 aliphatic heterocycles. The Bertz CT molecular complexity index is 1980. The second kappa shape index (κ2) is 8.84. The smallest absolute Gasteiger partial charge is 0.344 e. The molecule has 2 N–H and O–H groups in total. The summed E-state index contributed by atoms with van der Waals surface area (Å²) in [5, 5.41) is 24.6. The normalized spacial score (nSPS) is 11.7. The van der Waals surface area contributed by atoms with Crippen LogP contribution in [0.4, 0.5) is 0 Å². The first-order valence-corrected chi connectivity index (χ1v) is 12.5. The number of nitrogens with zero attached hydrogens (tertiary/aromatic N) is 1. The number of aryl methyl sites for hydroxylation is 4. The molecule has 0 radical (unpaired) electrons. The molecule has 7 nitrogen and oxygen atoms in total. The van der Waals surface area contributed by atoms with E-state index in [0.29, 0.717) is 27.4 Å². The fraction of sp³-hybridized carbons (Fsp3) is 0.156. The van der Waals surface area contributed by atoms with Gasteiger partial charge in [-0.2, -0.15) is 0 Å². The van der Waals surface area contributed by atoms with Crippen molar-refractivity contribution in [1.82, 2.24) is 4.98 Å². The molecule has 194 valence electrons. The highest BCUT2D eigenvalue weighted by Crippen LogP contribution is 2.42. The lowest BCUT2D eigenvalue weighted by atomic mass is 9.86. The highest BCUT2D eigenvalue weighted by molar-refractivity contribution is 5.90. The lowest BCUT2D eigenvalue weighted by Gasteiger charge is -2.20. The molecule has 0 spiro atoms. The van der Waals surface area contributed by atoms with Crippen molar-refractivity contribution in [2.75, 3.05) is 0 Å². The van der Waals surface area contributed by atoms with Crippen LogP contribution in [0.25, 0.3) is 32.8 Å². The molecule has 0 aliphatic rings. The average Bonchev–Trinajstić information content (AvgIpc) is 2.89. The second-order valence-corrected chi connectivity index (χ2v) is 10.1. The third kappa shape index (κ3) is 3.85. The number of para-hydroxylation sites is 1. The van der Waals surface area contributed by atoms with Crippen LogP contribution in [-0.2, 0) is 0 Å².